The lowest BCUT2D eigenvalue weighted by Crippen LogP contribution is -2.52. The van der Waals surface area contributed by atoms with Gasteiger partial charge < -0.3 is 10.2 Å². The number of amides is 2. The zero-order valence-corrected chi connectivity index (χ0v) is 21.4. The van der Waals surface area contributed by atoms with Crippen molar-refractivity contribution in [3.63, 3.8) is 0 Å². The Labute approximate surface area is 202 Å². The number of nitrogens with one attached hydrogen (secondary N) is 1. The Balaban J connectivity index is 2.42. The van der Waals surface area contributed by atoms with Gasteiger partial charge in [0.25, 0.3) is 0 Å². The van der Waals surface area contributed by atoms with Gasteiger partial charge >= 0.3 is 0 Å². The number of halogens is 2. The first-order chi connectivity index (χ1) is 15.1. The van der Waals surface area contributed by atoms with Gasteiger partial charge in [0.1, 0.15) is 12.6 Å². The van der Waals surface area contributed by atoms with Gasteiger partial charge in [0.2, 0.25) is 21.8 Å². The van der Waals surface area contributed by atoms with Crippen LogP contribution in [0.5, 0.6) is 0 Å². The van der Waals surface area contributed by atoms with Crippen molar-refractivity contribution in [2.45, 2.75) is 32.9 Å². The summed E-state index contributed by atoms with van der Waals surface area (Å²) in [5.74, 6) is -0.769. The molecule has 32 heavy (non-hydrogen) atoms. The third-order valence-corrected chi connectivity index (χ3v) is 6.66. The van der Waals surface area contributed by atoms with Gasteiger partial charge in [-0.1, -0.05) is 52.7 Å². The first-order valence-electron chi connectivity index (χ1n) is 10.1. The third-order valence-electron chi connectivity index (χ3n) is 4.78. The minimum absolute atomic E-state index is 0.141. The van der Waals surface area contributed by atoms with Crippen LogP contribution in [0.4, 0.5) is 5.69 Å². The number of carbonyl (C=O) groups is 2. The first kappa shape index (κ1) is 26.2. The zero-order valence-electron chi connectivity index (χ0n) is 18.2. The second kappa shape index (κ2) is 11.7. The summed E-state index contributed by atoms with van der Waals surface area (Å²) >= 11 is 9.30. The molecule has 0 bridgehead atoms. The topological polar surface area (TPSA) is 86.8 Å². The third kappa shape index (κ3) is 7.21. The fourth-order valence-corrected chi connectivity index (χ4v) is 4.60. The molecule has 7 nitrogen and oxygen atoms in total. The molecule has 0 saturated heterocycles. The van der Waals surface area contributed by atoms with Crippen LogP contribution in [0.15, 0.2) is 53.0 Å². The van der Waals surface area contributed by atoms with Crippen LogP contribution in [0.25, 0.3) is 0 Å². The van der Waals surface area contributed by atoms with Crippen LogP contribution in [0, 0.1) is 0 Å². The van der Waals surface area contributed by atoms with E-state index < -0.39 is 28.5 Å². The van der Waals surface area contributed by atoms with Crippen molar-refractivity contribution in [2.75, 3.05) is 23.7 Å². The number of anilines is 1. The summed E-state index contributed by atoms with van der Waals surface area (Å²) in [5, 5.41) is 3.31. The lowest BCUT2D eigenvalue weighted by atomic mass is 10.1. The molecule has 2 aromatic rings. The van der Waals surface area contributed by atoms with E-state index in [0.717, 1.165) is 16.1 Å². The van der Waals surface area contributed by atoms with Crippen molar-refractivity contribution >= 4 is 55.1 Å². The number of carbonyl (C=O) groups excluding carboxylic acids is 2. The highest BCUT2D eigenvalue weighted by Crippen LogP contribution is 2.23. The van der Waals surface area contributed by atoms with E-state index in [-0.39, 0.29) is 12.5 Å². The van der Waals surface area contributed by atoms with Crippen molar-refractivity contribution in [3.05, 3.63) is 63.6 Å². The molecule has 1 unspecified atom stereocenters. The predicted octanol–water partition coefficient (Wildman–Crippen LogP) is 3.81. The van der Waals surface area contributed by atoms with E-state index in [2.05, 4.69) is 21.2 Å². The Morgan fingerprint density at radius 3 is 2.31 bits per heavy atom. The lowest BCUT2D eigenvalue weighted by molar-refractivity contribution is -0.140. The van der Waals surface area contributed by atoms with E-state index in [1.165, 1.54) is 4.90 Å². The lowest BCUT2D eigenvalue weighted by Gasteiger charge is -2.32. The molecule has 2 amide bonds. The summed E-state index contributed by atoms with van der Waals surface area (Å²) in [4.78, 5) is 27.6. The van der Waals surface area contributed by atoms with Crippen molar-refractivity contribution in [1.29, 1.82) is 0 Å². The van der Waals surface area contributed by atoms with E-state index in [9.17, 15) is 18.0 Å². The van der Waals surface area contributed by atoms with Gasteiger partial charge in [-0.2, -0.15) is 0 Å². The standard InChI is InChI=1S/C22H27BrClN3O4S/c1-4-20(22(29)25-5-2)26(14-16-9-11-18(24)12-10-16)21(28)15-27(32(3,30)31)19-8-6-7-17(23)13-19/h6-13,20H,4-5,14-15H2,1-3H3,(H,25,29). The van der Waals surface area contributed by atoms with Gasteiger partial charge in [0, 0.05) is 22.6 Å². The van der Waals surface area contributed by atoms with Crippen molar-refractivity contribution in [1.82, 2.24) is 10.2 Å². The Bertz CT molecular complexity index is 1050. The fourth-order valence-electron chi connectivity index (χ4n) is 3.24. The summed E-state index contributed by atoms with van der Waals surface area (Å²) in [6.07, 6.45) is 1.42. The highest BCUT2D eigenvalue weighted by atomic mass is 79.9. The summed E-state index contributed by atoms with van der Waals surface area (Å²) in [6, 6.07) is 12.9. The van der Waals surface area contributed by atoms with Crippen LogP contribution in [0.3, 0.4) is 0 Å². The van der Waals surface area contributed by atoms with Crippen LogP contribution in [0.2, 0.25) is 5.02 Å². The van der Waals surface area contributed by atoms with E-state index >= 15 is 0 Å². The SMILES string of the molecule is CCNC(=O)C(CC)N(Cc1ccc(Cl)cc1)C(=O)CN(c1cccc(Br)c1)S(C)(=O)=O. The minimum Gasteiger partial charge on any atom is -0.355 e. The molecule has 1 atom stereocenters. The number of likely N-dealkylation sites (N-methyl/N-ethyl adjacent to an activating group) is 1. The van der Waals surface area contributed by atoms with Gasteiger partial charge in [0.15, 0.2) is 0 Å². The number of benzene rings is 2. The molecule has 2 rings (SSSR count). The van der Waals surface area contributed by atoms with Gasteiger partial charge in [-0.15, -0.1) is 0 Å². The molecule has 0 fully saturated rings. The Kier molecular flexibility index (Phi) is 9.54. The predicted molar refractivity (Wildman–Crippen MR) is 131 cm³/mol. The molecule has 0 saturated carbocycles. The molecular formula is C22H27BrClN3O4S. The Hall–Kier alpha value is -2.10. The van der Waals surface area contributed by atoms with E-state index in [1.807, 2.05) is 6.92 Å². The van der Waals surface area contributed by atoms with Crippen LogP contribution < -0.4 is 9.62 Å². The van der Waals surface area contributed by atoms with E-state index in [0.29, 0.717) is 28.1 Å². The molecule has 174 valence electrons. The number of hydrogen-bond acceptors (Lipinski definition) is 4. The smallest absolute Gasteiger partial charge is 0.244 e. The number of nitrogens with zero attached hydrogens (tertiary/aromatic N) is 2. The molecule has 0 heterocycles. The quantitative estimate of drug-likeness (QED) is 0.493. The van der Waals surface area contributed by atoms with E-state index in [1.54, 1.807) is 55.5 Å². The van der Waals surface area contributed by atoms with Crippen molar-refractivity contribution < 1.29 is 18.0 Å². The average Bonchev–Trinajstić information content (AvgIpc) is 2.72. The number of sulfonamides is 1. The molecule has 0 aliphatic heterocycles. The largest absolute Gasteiger partial charge is 0.355 e. The van der Waals surface area contributed by atoms with Gasteiger partial charge in [-0.25, -0.2) is 8.42 Å². The molecule has 0 radical (unpaired) electrons. The Morgan fingerprint density at radius 2 is 1.78 bits per heavy atom. The minimum atomic E-state index is -3.76. The van der Waals surface area contributed by atoms with Crippen LogP contribution in [-0.2, 0) is 26.2 Å². The molecule has 0 spiro atoms. The average molecular weight is 545 g/mol. The molecule has 10 heteroatoms. The summed E-state index contributed by atoms with van der Waals surface area (Å²) in [6.45, 7) is 3.74. The van der Waals surface area contributed by atoms with Crippen LogP contribution >= 0.6 is 27.5 Å². The van der Waals surface area contributed by atoms with Crippen LogP contribution in [0.1, 0.15) is 25.8 Å². The summed E-state index contributed by atoms with van der Waals surface area (Å²) in [5.41, 5.74) is 1.13. The van der Waals surface area contributed by atoms with Crippen molar-refractivity contribution in [3.8, 4) is 0 Å². The maximum atomic E-state index is 13.4. The van der Waals surface area contributed by atoms with Gasteiger partial charge in [-0.3, -0.25) is 13.9 Å². The molecule has 0 aliphatic rings. The zero-order chi connectivity index (χ0) is 23.9. The fraction of sp³-hybridized carbons (Fsp3) is 0.364. The molecule has 2 aromatic carbocycles. The summed E-state index contributed by atoms with van der Waals surface area (Å²) in [7, 11) is -3.76. The van der Waals surface area contributed by atoms with E-state index in [4.69, 9.17) is 11.6 Å². The Morgan fingerprint density at radius 1 is 1.12 bits per heavy atom. The maximum absolute atomic E-state index is 13.4. The van der Waals surface area contributed by atoms with Crippen molar-refractivity contribution in [2.24, 2.45) is 0 Å². The monoisotopic (exact) mass is 543 g/mol. The number of rotatable bonds is 10. The molecule has 1 N–H and O–H groups in total. The van der Waals surface area contributed by atoms with Gasteiger partial charge in [0.05, 0.1) is 11.9 Å². The second-order valence-electron chi connectivity index (χ2n) is 7.22. The van der Waals surface area contributed by atoms with Gasteiger partial charge in [-0.05, 0) is 49.2 Å². The summed E-state index contributed by atoms with van der Waals surface area (Å²) < 4.78 is 26.8. The molecule has 0 aliphatic carbocycles. The maximum Gasteiger partial charge on any atom is 0.244 e. The number of hydrogen-bond donors (Lipinski definition) is 1. The molecular weight excluding hydrogens is 518 g/mol. The second-order valence-corrected chi connectivity index (χ2v) is 10.5. The first-order valence-corrected chi connectivity index (χ1v) is 13.1. The highest BCUT2D eigenvalue weighted by Gasteiger charge is 2.31. The van der Waals surface area contributed by atoms with Crippen LogP contribution in [-0.4, -0.2) is 50.5 Å². The highest BCUT2D eigenvalue weighted by molar-refractivity contribution is 9.10. The molecule has 0 aromatic heterocycles. The normalized spacial score (nSPS) is 12.2.